The molecule has 1 fully saturated rings. The molecule has 0 unspecified atom stereocenters. The molecule has 0 amide bonds. The third-order valence-electron chi connectivity index (χ3n) is 1.66. The van der Waals surface area contributed by atoms with Gasteiger partial charge < -0.3 is 4.84 Å². The van der Waals surface area contributed by atoms with Crippen molar-refractivity contribution >= 4 is 0 Å². The van der Waals surface area contributed by atoms with Crippen LogP contribution in [0, 0.1) is 0 Å². The molecule has 1 saturated carbocycles. The van der Waals surface area contributed by atoms with Crippen molar-refractivity contribution in [3.63, 3.8) is 0 Å². The average molecular weight is 129 g/mol. The highest BCUT2D eigenvalue weighted by atomic mass is 16.6. The minimum Gasteiger partial charge on any atom is -0.302 e. The molecule has 0 aromatic carbocycles. The van der Waals surface area contributed by atoms with Crippen LogP contribution < -0.4 is 5.48 Å². The van der Waals surface area contributed by atoms with Gasteiger partial charge in [-0.15, -0.1) is 0 Å². The Morgan fingerprint density at radius 1 is 1.56 bits per heavy atom. The molecule has 0 radical (unpaired) electrons. The SMILES string of the molecule is CCCONC1CCC1. The molecule has 0 bridgehead atoms. The van der Waals surface area contributed by atoms with Gasteiger partial charge in [-0.2, -0.15) is 5.48 Å². The van der Waals surface area contributed by atoms with Crippen LogP contribution in [0.15, 0.2) is 0 Å². The second kappa shape index (κ2) is 3.85. The molecule has 0 aliphatic heterocycles. The fraction of sp³-hybridized carbons (Fsp3) is 1.00. The minimum absolute atomic E-state index is 0.663. The lowest BCUT2D eigenvalue weighted by Crippen LogP contribution is -2.35. The number of nitrogens with one attached hydrogen (secondary N) is 1. The van der Waals surface area contributed by atoms with Gasteiger partial charge in [0.15, 0.2) is 0 Å². The number of hydroxylamine groups is 1. The lowest BCUT2D eigenvalue weighted by Gasteiger charge is -2.25. The van der Waals surface area contributed by atoms with Gasteiger partial charge in [0.05, 0.1) is 6.61 Å². The van der Waals surface area contributed by atoms with Gasteiger partial charge >= 0.3 is 0 Å². The lowest BCUT2D eigenvalue weighted by molar-refractivity contribution is -0.00286. The molecule has 2 nitrogen and oxygen atoms in total. The second-order valence-corrected chi connectivity index (χ2v) is 2.59. The summed E-state index contributed by atoms with van der Waals surface area (Å²) in [5, 5.41) is 0. The van der Waals surface area contributed by atoms with E-state index in [9.17, 15) is 0 Å². The summed E-state index contributed by atoms with van der Waals surface area (Å²) in [7, 11) is 0. The maximum absolute atomic E-state index is 5.14. The van der Waals surface area contributed by atoms with E-state index >= 15 is 0 Å². The highest BCUT2D eigenvalue weighted by molar-refractivity contribution is 4.72. The summed E-state index contributed by atoms with van der Waals surface area (Å²) in [4.78, 5) is 5.14. The summed E-state index contributed by atoms with van der Waals surface area (Å²) in [6, 6.07) is 0.663. The Hall–Kier alpha value is -0.0800. The van der Waals surface area contributed by atoms with Gasteiger partial charge in [0.25, 0.3) is 0 Å². The van der Waals surface area contributed by atoms with E-state index in [-0.39, 0.29) is 0 Å². The smallest absolute Gasteiger partial charge is 0.0679 e. The number of rotatable bonds is 4. The first-order chi connectivity index (χ1) is 4.43. The summed E-state index contributed by atoms with van der Waals surface area (Å²) in [5.41, 5.74) is 3.02. The lowest BCUT2D eigenvalue weighted by atomic mass is 9.94. The van der Waals surface area contributed by atoms with E-state index in [1.165, 1.54) is 19.3 Å². The van der Waals surface area contributed by atoms with Crippen molar-refractivity contribution in [2.24, 2.45) is 0 Å². The highest BCUT2D eigenvalue weighted by Crippen LogP contribution is 2.17. The van der Waals surface area contributed by atoms with Crippen LogP contribution in [0.25, 0.3) is 0 Å². The zero-order chi connectivity index (χ0) is 6.53. The summed E-state index contributed by atoms with van der Waals surface area (Å²) in [6.45, 7) is 2.96. The third kappa shape index (κ3) is 2.33. The van der Waals surface area contributed by atoms with Crippen molar-refractivity contribution in [1.82, 2.24) is 5.48 Å². The van der Waals surface area contributed by atoms with Gasteiger partial charge in [0.1, 0.15) is 0 Å². The average Bonchev–Trinajstić information content (AvgIpc) is 1.76. The van der Waals surface area contributed by atoms with Crippen molar-refractivity contribution < 1.29 is 4.84 Å². The Kier molecular flexibility index (Phi) is 3.01. The van der Waals surface area contributed by atoms with Crippen LogP contribution in [-0.2, 0) is 4.84 Å². The number of hydrogen-bond donors (Lipinski definition) is 1. The van der Waals surface area contributed by atoms with Gasteiger partial charge in [-0.05, 0) is 19.3 Å². The first kappa shape index (κ1) is 7.03. The first-order valence-electron chi connectivity index (χ1n) is 3.81. The molecule has 2 heteroatoms. The van der Waals surface area contributed by atoms with Gasteiger partial charge in [-0.3, -0.25) is 0 Å². The molecule has 0 aromatic heterocycles. The fourth-order valence-electron chi connectivity index (χ4n) is 0.805. The zero-order valence-corrected chi connectivity index (χ0v) is 6.02. The molecular formula is C7H15NO. The minimum atomic E-state index is 0.663. The quantitative estimate of drug-likeness (QED) is 0.458. The van der Waals surface area contributed by atoms with Gasteiger partial charge in [0.2, 0.25) is 0 Å². The molecular weight excluding hydrogens is 114 g/mol. The Balaban J connectivity index is 1.80. The van der Waals surface area contributed by atoms with Crippen LogP contribution in [0.5, 0.6) is 0 Å². The first-order valence-corrected chi connectivity index (χ1v) is 3.81. The van der Waals surface area contributed by atoms with Crippen molar-refractivity contribution in [3.8, 4) is 0 Å². The van der Waals surface area contributed by atoms with Crippen LogP contribution in [0.3, 0.4) is 0 Å². The Morgan fingerprint density at radius 3 is 2.78 bits per heavy atom. The summed E-state index contributed by atoms with van der Waals surface area (Å²) < 4.78 is 0. The van der Waals surface area contributed by atoms with Crippen LogP contribution in [0.4, 0.5) is 0 Å². The molecule has 0 heterocycles. The van der Waals surface area contributed by atoms with E-state index in [2.05, 4.69) is 12.4 Å². The molecule has 0 aromatic rings. The predicted molar refractivity (Wildman–Crippen MR) is 37.0 cm³/mol. The number of hydrogen-bond acceptors (Lipinski definition) is 2. The molecule has 54 valence electrons. The molecule has 0 spiro atoms. The molecule has 0 saturated heterocycles. The van der Waals surface area contributed by atoms with Crippen molar-refractivity contribution in [1.29, 1.82) is 0 Å². The Labute approximate surface area is 56.5 Å². The summed E-state index contributed by atoms with van der Waals surface area (Å²) in [6.07, 6.45) is 5.06. The van der Waals surface area contributed by atoms with Gasteiger partial charge in [-0.25, -0.2) is 0 Å². The summed E-state index contributed by atoms with van der Waals surface area (Å²) in [5.74, 6) is 0. The Bertz CT molecular complexity index is 71.3. The molecule has 9 heavy (non-hydrogen) atoms. The third-order valence-corrected chi connectivity index (χ3v) is 1.66. The van der Waals surface area contributed by atoms with E-state index in [0.717, 1.165) is 13.0 Å². The maximum atomic E-state index is 5.14. The zero-order valence-electron chi connectivity index (χ0n) is 6.02. The summed E-state index contributed by atoms with van der Waals surface area (Å²) >= 11 is 0. The van der Waals surface area contributed by atoms with Crippen molar-refractivity contribution in [2.45, 2.75) is 38.6 Å². The fourth-order valence-corrected chi connectivity index (χ4v) is 0.805. The molecule has 1 N–H and O–H groups in total. The molecule has 1 rings (SSSR count). The molecule has 1 aliphatic rings. The van der Waals surface area contributed by atoms with Crippen molar-refractivity contribution in [3.05, 3.63) is 0 Å². The van der Waals surface area contributed by atoms with Crippen LogP contribution in [-0.4, -0.2) is 12.6 Å². The van der Waals surface area contributed by atoms with Crippen molar-refractivity contribution in [2.75, 3.05) is 6.61 Å². The van der Waals surface area contributed by atoms with Crippen LogP contribution in [0.2, 0.25) is 0 Å². The maximum Gasteiger partial charge on any atom is 0.0679 e. The van der Waals surface area contributed by atoms with Gasteiger partial charge in [-0.1, -0.05) is 13.3 Å². The van der Waals surface area contributed by atoms with E-state index in [1.807, 2.05) is 0 Å². The predicted octanol–water partition coefficient (Wildman–Crippen LogP) is 1.47. The van der Waals surface area contributed by atoms with E-state index in [1.54, 1.807) is 0 Å². The Morgan fingerprint density at radius 2 is 2.33 bits per heavy atom. The van der Waals surface area contributed by atoms with Crippen LogP contribution >= 0.6 is 0 Å². The van der Waals surface area contributed by atoms with E-state index < -0.39 is 0 Å². The largest absolute Gasteiger partial charge is 0.302 e. The highest BCUT2D eigenvalue weighted by Gasteiger charge is 2.16. The molecule has 1 aliphatic carbocycles. The monoisotopic (exact) mass is 129 g/mol. The van der Waals surface area contributed by atoms with E-state index in [4.69, 9.17) is 4.84 Å². The van der Waals surface area contributed by atoms with Crippen LogP contribution in [0.1, 0.15) is 32.6 Å². The van der Waals surface area contributed by atoms with E-state index in [0.29, 0.717) is 6.04 Å². The normalized spacial score (nSPS) is 19.7. The topological polar surface area (TPSA) is 21.3 Å². The van der Waals surface area contributed by atoms with Gasteiger partial charge in [0, 0.05) is 6.04 Å². The molecule has 0 atom stereocenters. The second-order valence-electron chi connectivity index (χ2n) is 2.59. The standard InChI is InChI=1S/C7H15NO/c1-2-6-9-8-7-4-3-5-7/h7-8H,2-6H2,1H3.